The molecule has 0 radical (unpaired) electrons. The quantitative estimate of drug-likeness (QED) is 0.498. The first kappa shape index (κ1) is 19.3. The van der Waals surface area contributed by atoms with Crippen LogP contribution < -0.4 is 0 Å². The highest BCUT2D eigenvalue weighted by molar-refractivity contribution is 6.28. The molecule has 0 spiro atoms. The normalized spacial score (nSPS) is 11.3. The number of aromatic amines is 1. The number of aromatic nitrogens is 8. The monoisotopic (exact) mass is 410 g/mol. The average molecular weight is 411 g/mol. The molecule has 1 N–H and O–H groups in total. The van der Waals surface area contributed by atoms with Crippen LogP contribution in [0.25, 0.3) is 17.2 Å². The Balaban J connectivity index is 1.62. The van der Waals surface area contributed by atoms with Crippen LogP contribution in [-0.4, -0.2) is 40.0 Å². The third-order valence-electron chi connectivity index (χ3n) is 4.95. The summed E-state index contributed by atoms with van der Waals surface area (Å²) in [5.41, 5.74) is 5.38. The molecule has 0 atom stereocenters. The lowest BCUT2D eigenvalue weighted by Gasteiger charge is -2.12. The zero-order valence-corrected chi connectivity index (χ0v) is 17.5. The molecular weight excluding hydrogens is 388 g/mol. The first-order valence-electron chi connectivity index (χ1n) is 9.68. The van der Waals surface area contributed by atoms with Crippen molar-refractivity contribution in [1.29, 1.82) is 0 Å². The van der Waals surface area contributed by atoms with Crippen LogP contribution in [-0.2, 0) is 13.0 Å². The van der Waals surface area contributed by atoms with Crippen molar-refractivity contribution in [3.63, 3.8) is 0 Å². The summed E-state index contributed by atoms with van der Waals surface area (Å²) in [7, 11) is 0. The SMILES string of the molecule is CCCCc1nc(Cl)nn1Cc1ccc(-n2c(C)cc(C)c2-c2nnn[nH]2)cc1. The van der Waals surface area contributed by atoms with Gasteiger partial charge < -0.3 is 4.57 Å². The molecule has 29 heavy (non-hydrogen) atoms. The van der Waals surface area contributed by atoms with Crippen LogP contribution in [0.15, 0.2) is 30.3 Å². The van der Waals surface area contributed by atoms with E-state index in [0.29, 0.717) is 17.7 Å². The molecule has 8 nitrogen and oxygen atoms in total. The average Bonchev–Trinajstić information content (AvgIpc) is 3.40. The van der Waals surface area contributed by atoms with Gasteiger partial charge in [-0.3, -0.25) is 0 Å². The van der Waals surface area contributed by atoms with Gasteiger partial charge in [-0.15, -0.1) is 10.2 Å². The van der Waals surface area contributed by atoms with Crippen LogP contribution >= 0.6 is 11.6 Å². The van der Waals surface area contributed by atoms with Gasteiger partial charge in [-0.1, -0.05) is 25.5 Å². The van der Waals surface area contributed by atoms with Crippen molar-refractivity contribution in [2.75, 3.05) is 0 Å². The molecule has 0 bridgehead atoms. The summed E-state index contributed by atoms with van der Waals surface area (Å²) in [6.07, 6.45) is 3.06. The number of halogens is 1. The Bertz CT molecular complexity index is 1090. The Morgan fingerprint density at radius 2 is 1.93 bits per heavy atom. The number of benzene rings is 1. The molecule has 0 fully saturated rings. The first-order valence-corrected chi connectivity index (χ1v) is 10.1. The van der Waals surface area contributed by atoms with E-state index in [4.69, 9.17) is 11.6 Å². The standard InChI is InChI=1S/C20H23ClN8/c1-4-5-6-17-22-20(21)25-28(17)12-15-7-9-16(10-8-15)29-14(3)11-13(2)18(29)19-23-26-27-24-19/h7-11H,4-6,12H2,1-3H3,(H,23,24,26,27). The maximum absolute atomic E-state index is 6.04. The van der Waals surface area contributed by atoms with Crippen molar-refractivity contribution in [3.8, 4) is 17.2 Å². The van der Waals surface area contributed by atoms with Crippen LogP contribution in [0.4, 0.5) is 0 Å². The van der Waals surface area contributed by atoms with Crippen molar-refractivity contribution in [2.24, 2.45) is 0 Å². The van der Waals surface area contributed by atoms with E-state index in [1.807, 2.05) is 4.68 Å². The Kier molecular flexibility index (Phi) is 5.44. The maximum atomic E-state index is 6.04. The number of H-pyrrole nitrogens is 1. The van der Waals surface area contributed by atoms with Crippen LogP contribution in [0.2, 0.25) is 5.28 Å². The lowest BCUT2D eigenvalue weighted by Crippen LogP contribution is -2.07. The molecule has 3 aromatic heterocycles. The fraction of sp³-hybridized carbons (Fsp3) is 0.350. The zero-order valence-electron chi connectivity index (χ0n) is 16.7. The summed E-state index contributed by atoms with van der Waals surface area (Å²) in [4.78, 5) is 4.35. The second-order valence-corrected chi connectivity index (χ2v) is 7.47. The number of hydrogen-bond acceptors (Lipinski definition) is 5. The fourth-order valence-corrected chi connectivity index (χ4v) is 3.79. The molecular formula is C20H23ClN8. The maximum Gasteiger partial charge on any atom is 0.242 e. The summed E-state index contributed by atoms with van der Waals surface area (Å²) in [5, 5.41) is 19.0. The fourth-order valence-electron chi connectivity index (χ4n) is 3.60. The van der Waals surface area contributed by atoms with Gasteiger partial charge in [-0.25, -0.2) is 14.8 Å². The number of tetrazole rings is 1. The molecule has 4 aromatic rings. The van der Waals surface area contributed by atoms with Crippen LogP contribution in [0.3, 0.4) is 0 Å². The minimum absolute atomic E-state index is 0.302. The lowest BCUT2D eigenvalue weighted by molar-refractivity contribution is 0.618. The molecule has 150 valence electrons. The Morgan fingerprint density at radius 1 is 1.14 bits per heavy atom. The third-order valence-corrected chi connectivity index (χ3v) is 5.11. The smallest absolute Gasteiger partial charge is 0.242 e. The van der Waals surface area contributed by atoms with Crippen molar-refractivity contribution in [2.45, 2.75) is 46.6 Å². The van der Waals surface area contributed by atoms with Crippen LogP contribution in [0.1, 0.15) is 42.4 Å². The number of nitrogens with one attached hydrogen (secondary N) is 1. The number of rotatable bonds is 7. The van der Waals surface area contributed by atoms with Crippen molar-refractivity contribution in [1.82, 2.24) is 40.0 Å². The zero-order chi connectivity index (χ0) is 20.4. The number of nitrogens with zero attached hydrogens (tertiary/aromatic N) is 7. The first-order chi connectivity index (χ1) is 14.1. The summed E-state index contributed by atoms with van der Waals surface area (Å²) < 4.78 is 4.05. The highest BCUT2D eigenvalue weighted by Gasteiger charge is 2.16. The second-order valence-electron chi connectivity index (χ2n) is 7.13. The van der Waals surface area contributed by atoms with Gasteiger partial charge in [0, 0.05) is 17.8 Å². The Labute approximate surface area is 173 Å². The molecule has 0 unspecified atom stereocenters. The number of unbranched alkanes of at least 4 members (excludes halogenated alkanes) is 1. The second kappa shape index (κ2) is 8.16. The number of hydrogen-bond donors (Lipinski definition) is 1. The molecule has 3 heterocycles. The third kappa shape index (κ3) is 3.93. The van der Waals surface area contributed by atoms with E-state index >= 15 is 0 Å². The van der Waals surface area contributed by atoms with E-state index in [-0.39, 0.29) is 0 Å². The van der Waals surface area contributed by atoms with Gasteiger partial charge >= 0.3 is 0 Å². The molecule has 0 aliphatic carbocycles. The highest BCUT2D eigenvalue weighted by Crippen LogP contribution is 2.27. The topological polar surface area (TPSA) is 90.1 Å². The summed E-state index contributed by atoms with van der Waals surface area (Å²) in [6, 6.07) is 10.5. The molecule has 1 aromatic carbocycles. The minimum atomic E-state index is 0.302. The van der Waals surface area contributed by atoms with Gasteiger partial charge in [0.1, 0.15) is 5.82 Å². The van der Waals surface area contributed by atoms with Gasteiger partial charge in [0.05, 0.1) is 12.2 Å². The Morgan fingerprint density at radius 3 is 2.62 bits per heavy atom. The van der Waals surface area contributed by atoms with E-state index in [1.54, 1.807) is 0 Å². The molecule has 0 aliphatic heterocycles. The van der Waals surface area contributed by atoms with Crippen molar-refractivity contribution >= 4 is 11.6 Å². The van der Waals surface area contributed by atoms with Gasteiger partial charge in [-0.2, -0.15) is 0 Å². The van der Waals surface area contributed by atoms with E-state index in [1.165, 1.54) is 0 Å². The predicted octanol–water partition coefficient (Wildman–Crippen LogP) is 3.91. The highest BCUT2D eigenvalue weighted by atomic mass is 35.5. The summed E-state index contributed by atoms with van der Waals surface area (Å²) >= 11 is 6.04. The lowest BCUT2D eigenvalue weighted by atomic mass is 10.2. The van der Waals surface area contributed by atoms with Crippen LogP contribution in [0, 0.1) is 13.8 Å². The minimum Gasteiger partial charge on any atom is -0.311 e. The van der Waals surface area contributed by atoms with E-state index < -0.39 is 0 Å². The molecule has 0 saturated heterocycles. The Hall–Kier alpha value is -3.00. The number of aryl methyl sites for hydroxylation is 3. The van der Waals surface area contributed by atoms with Gasteiger partial charge in [0.2, 0.25) is 5.28 Å². The van der Waals surface area contributed by atoms with Crippen LogP contribution in [0.5, 0.6) is 0 Å². The van der Waals surface area contributed by atoms with E-state index in [9.17, 15) is 0 Å². The predicted molar refractivity (Wildman–Crippen MR) is 111 cm³/mol. The molecule has 0 aliphatic rings. The molecule has 9 heteroatoms. The summed E-state index contributed by atoms with van der Waals surface area (Å²) in [5.74, 6) is 1.58. The van der Waals surface area contributed by atoms with Gasteiger partial charge in [0.25, 0.3) is 0 Å². The van der Waals surface area contributed by atoms with Gasteiger partial charge in [0.15, 0.2) is 5.82 Å². The van der Waals surface area contributed by atoms with E-state index in [2.05, 4.69) is 86.4 Å². The molecule has 0 saturated carbocycles. The van der Waals surface area contributed by atoms with Crippen molar-refractivity contribution < 1.29 is 0 Å². The molecule has 0 amide bonds. The largest absolute Gasteiger partial charge is 0.311 e. The summed E-state index contributed by atoms with van der Waals surface area (Å²) in [6.45, 7) is 6.93. The van der Waals surface area contributed by atoms with Crippen molar-refractivity contribution in [3.05, 3.63) is 58.3 Å². The van der Waals surface area contributed by atoms with E-state index in [0.717, 1.165) is 53.3 Å². The molecule has 4 rings (SSSR count). The van der Waals surface area contributed by atoms with Gasteiger partial charge in [-0.05, 0) is 71.6 Å².